The number of rotatable bonds is 6. The highest BCUT2D eigenvalue weighted by atomic mass is 16.2. The standard InChI is InChI=1S/C25H30N4O3/c1-16-7-8-19(15-17(16)2)23(31)18-9-13-29(14-10-18)22(30)6-4-5-21-26-24-20(25(32)27-21)11-12-28(24)3/h7-8,11-12,15,18H,4-6,9-10,13-14H2,1-3H3,(H,26,27,32). The lowest BCUT2D eigenvalue weighted by atomic mass is 9.88. The SMILES string of the molecule is Cc1ccc(C(=O)C2CCN(C(=O)CCCc3nc4c(ccn4C)c(=O)[nH]3)CC2)cc1C. The first-order chi connectivity index (χ1) is 15.3. The number of likely N-dealkylation sites (tertiary alicyclic amines) is 1. The lowest BCUT2D eigenvalue weighted by Crippen LogP contribution is -2.40. The van der Waals surface area contributed by atoms with E-state index in [0.717, 1.165) is 11.1 Å². The number of ketones is 1. The zero-order chi connectivity index (χ0) is 22.8. The fourth-order valence-corrected chi connectivity index (χ4v) is 4.40. The molecule has 0 aliphatic carbocycles. The highest BCUT2D eigenvalue weighted by Gasteiger charge is 2.27. The van der Waals surface area contributed by atoms with Crippen LogP contribution in [0.2, 0.25) is 0 Å². The van der Waals surface area contributed by atoms with E-state index in [-0.39, 0.29) is 23.2 Å². The monoisotopic (exact) mass is 434 g/mol. The topological polar surface area (TPSA) is 88.1 Å². The van der Waals surface area contributed by atoms with Crippen LogP contribution in [0.5, 0.6) is 0 Å². The number of hydrogen-bond acceptors (Lipinski definition) is 4. The fourth-order valence-electron chi connectivity index (χ4n) is 4.40. The minimum atomic E-state index is -0.146. The Morgan fingerprint density at radius 2 is 1.88 bits per heavy atom. The van der Waals surface area contributed by atoms with E-state index in [4.69, 9.17) is 0 Å². The molecule has 2 aromatic heterocycles. The van der Waals surface area contributed by atoms with Crippen molar-refractivity contribution in [3.05, 3.63) is 63.3 Å². The van der Waals surface area contributed by atoms with Crippen molar-refractivity contribution in [2.75, 3.05) is 13.1 Å². The number of piperidine rings is 1. The zero-order valence-electron chi connectivity index (χ0n) is 19.0. The molecule has 1 amide bonds. The van der Waals surface area contributed by atoms with Gasteiger partial charge in [0.1, 0.15) is 11.5 Å². The van der Waals surface area contributed by atoms with Crippen molar-refractivity contribution in [2.24, 2.45) is 13.0 Å². The van der Waals surface area contributed by atoms with Gasteiger partial charge in [-0.25, -0.2) is 4.98 Å². The van der Waals surface area contributed by atoms with Crippen molar-refractivity contribution in [3.8, 4) is 0 Å². The maximum absolute atomic E-state index is 12.9. The second kappa shape index (κ2) is 9.10. The minimum Gasteiger partial charge on any atom is -0.343 e. The summed E-state index contributed by atoms with van der Waals surface area (Å²) in [6, 6.07) is 7.63. The van der Waals surface area contributed by atoms with Gasteiger partial charge in [-0.2, -0.15) is 0 Å². The van der Waals surface area contributed by atoms with Crippen molar-refractivity contribution in [3.63, 3.8) is 0 Å². The van der Waals surface area contributed by atoms with E-state index in [1.165, 1.54) is 5.56 Å². The maximum Gasteiger partial charge on any atom is 0.260 e. The number of Topliss-reactive ketones (excluding diaryl/α,β-unsaturated/α-hetero) is 1. The molecule has 4 rings (SSSR count). The summed E-state index contributed by atoms with van der Waals surface area (Å²) in [5.41, 5.74) is 3.60. The molecule has 0 saturated carbocycles. The molecule has 1 fully saturated rings. The van der Waals surface area contributed by atoms with Gasteiger partial charge in [0, 0.05) is 50.7 Å². The van der Waals surface area contributed by atoms with Crippen LogP contribution < -0.4 is 5.56 Å². The second-order valence-electron chi connectivity index (χ2n) is 8.85. The summed E-state index contributed by atoms with van der Waals surface area (Å²) in [6.45, 7) is 5.30. The number of carbonyl (C=O) groups is 2. The van der Waals surface area contributed by atoms with Crippen LogP contribution in [0, 0.1) is 19.8 Å². The number of nitrogens with one attached hydrogen (secondary N) is 1. The van der Waals surface area contributed by atoms with Crippen LogP contribution in [0.3, 0.4) is 0 Å². The molecular formula is C25H30N4O3. The molecule has 1 N–H and O–H groups in total. The van der Waals surface area contributed by atoms with Gasteiger partial charge in [0.2, 0.25) is 5.91 Å². The lowest BCUT2D eigenvalue weighted by molar-refractivity contribution is -0.132. The van der Waals surface area contributed by atoms with Gasteiger partial charge in [-0.1, -0.05) is 12.1 Å². The highest BCUT2D eigenvalue weighted by Crippen LogP contribution is 2.23. The molecule has 7 heteroatoms. The molecule has 32 heavy (non-hydrogen) atoms. The van der Waals surface area contributed by atoms with Crippen LogP contribution in [-0.4, -0.2) is 44.2 Å². The third kappa shape index (κ3) is 4.52. The number of benzene rings is 1. The molecule has 0 atom stereocenters. The molecule has 3 heterocycles. The third-order valence-corrected chi connectivity index (χ3v) is 6.60. The predicted octanol–water partition coefficient (Wildman–Crippen LogP) is 3.32. The molecule has 0 radical (unpaired) electrons. The molecule has 1 saturated heterocycles. The van der Waals surface area contributed by atoms with Crippen LogP contribution in [0.4, 0.5) is 0 Å². The van der Waals surface area contributed by atoms with E-state index < -0.39 is 0 Å². The largest absolute Gasteiger partial charge is 0.343 e. The predicted molar refractivity (Wildman–Crippen MR) is 124 cm³/mol. The Hall–Kier alpha value is -3.22. The average molecular weight is 435 g/mol. The Morgan fingerprint density at radius 1 is 1.12 bits per heavy atom. The minimum absolute atomic E-state index is 0.0209. The number of aromatic nitrogens is 3. The van der Waals surface area contributed by atoms with E-state index in [9.17, 15) is 14.4 Å². The van der Waals surface area contributed by atoms with Gasteiger partial charge in [-0.15, -0.1) is 0 Å². The Labute approximate surface area is 187 Å². The summed E-state index contributed by atoms with van der Waals surface area (Å²) >= 11 is 0. The number of aromatic amines is 1. The van der Waals surface area contributed by atoms with Gasteiger partial charge >= 0.3 is 0 Å². The number of nitrogens with zero attached hydrogens (tertiary/aromatic N) is 3. The normalized spacial score (nSPS) is 14.8. The van der Waals surface area contributed by atoms with Crippen molar-refractivity contribution in [1.29, 1.82) is 0 Å². The van der Waals surface area contributed by atoms with E-state index in [1.54, 1.807) is 6.07 Å². The quantitative estimate of drug-likeness (QED) is 0.603. The van der Waals surface area contributed by atoms with Crippen molar-refractivity contribution in [2.45, 2.75) is 46.0 Å². The lowest BCUT2D eigenvalue weighted by Gasteiger charge is -2.31. The molecule has 168 valence electrons. The molecule has 0 spiro atoms. The number of amides is 1. The number of fused-ring (bicyclic) bond motifs is 1. The first-order valence-corrected chi connectivity index (χ1v) is 11.3. The first-order valence-electron chi connectivity index (χ1n) is 11.3. The van der Waals surface area contributed by atoms with Crippen molar-refractivity contribution < 1.29 is 9.59 Å². The summed E-state index contributed by atoms with van der Waals surface area (Å²) in [5.74, 6) is 0.873. The Kier molecular flexibility index (Phi) is 6.26. The van der Waals surface area contributed by atoms with E-state index in [1.807, 2.05) is 54.8 Å². The summed E-state index contributed by atoms with van der Waals surface area (Å²) in [7, 11) is 1.86. The molecule has 7 nitrogen and oxygen atoms in total. The van der Waals surface area contributed by atoms with Crippen molar-refractivity contribution >= 4 is 22.7 Å². The fraction of sp³-hybridized carbons (Fsp3) is 0.440. The maximum atomic E-state index is 12.9. The smallest absolute Gasteiger partial charge is 0.260 e. The number of aryl methyl sites for hydroxylation is 4. The molecular weight excluding hydrogens is 404 g/mol. The van der Waals surface area contributed by atoms with Gasteiger partial charge in [-0.3, -0.25) is 14.4 Å². The number of hydrogen-bond donors (Lipinski definition) is 1. The molecule has 0 bridgehead atoms. The summed E-state index contributed by atoms with van der Waals surface area (Å²) in [6.07, 6.45) is 4.80. The van der Waals surface area contributed by atoms with Crippen LogP contribution in [0.1, 0.15) is 53.0 Å². The summed E-state index contributed by atoms with van der Waals surface area (Å²) < 4.78 is 1.82. The van der Waals surface area contributed by atoms with Gasteiger partial charge in [0.05, 0.1) is 5.39 Å². The average Bonchev–Trinajstić information content (AvgIpc) is 3.16. The Balaban J connectivity index is 1.27. The molecule has 0 unspecified atom stereocenters. The van der Waals surface area contributed by atoms with Gasteiger partial charge in [-0.05, 0) is 56.4 Å². The van der Waals surface area contributed by atoms with Crippen LogP contribution in [-0.2, 0) is 18.3 Å². The number of carbonyl (C=O) groups excluding carboxylic acids is 2. The molecule has 1 aliphatic heterocycles. The van der Waals surface area contributed by atoms with Gasteiger partial charge in [0.25, 0.3) is 5.56 Å². The van der Waals surface area contributed by atoms with Crippen LogP contribution >= 0.6 is 0 Å². The first kappa shape index (κ1) is 22.0. The van der Waals surface area contributed by atoms with Crippen LogP contribution in [0.25, 0.3) is 11.0 Å². The van der Waals surface area contributed by atoms with E-state index >= 15 is 0 Å². The van der Waals surface area contributed by atoms with Gasteiger partial charge in [0.15, 0.2) is 5.78 Å². The van der Waals surface area contributed by atoms with Crippen molar-refractivity contribution in [1.82, 2.24) is 19.4 Å². The summed E-state index contributed by atoms with van der Waals surface area (Å²) in [5, 5.41) is 0.575. The Morgan fingerprint density at radius 3 is 2.59 bits per heavy atom. The Bertz CT molecular complexity index is 1220. The van der Waals surface area contributed by atoms with E-state index in [0.29, 0.717) is 62.1 Å². The molecule has 1 aliphatic rings. The number of H-pyrrole nitrogens is 1. The van der Waals surface area contributed by atoms with Gasteiger partial charge < -0.3 is 14.5 Å². The second-order valence-corrected chi connectivity index (χ2v) is 8.85. The zero-order valence-corrected chi connectivity index (χ0v) is 19.0. The molecule has 3 aromatic rings. The highest BCUT2D eigenvalue weighted by molar-refractivity contribution is 5.98. The third-order valence-electron chi connectivity index (χ3n) is 6.60. The van der Waals surface area contributed by atoms with E-state index in [2.05, 4.69) is 9.97 Å². The van der Waals surface area contributed by atoms with Crippen LogP contribution in [0.15, 0.2) is 35.3 Å². The molecule has 1 aromatic carbocycles. The summed E-state index contributed by atoms with van der Waals surface area (Å²) in [4.78, 5) is 46.9.